The van der Waals surface area contributed by atoms with Crippen LogP contribution in [0.25, 0.3) is 6.56 Å². The molecule has 4 aliphatic rings. The van der Waals surface area contributed by atoms with Crippen LogP contribution in [0.4, 0.5) is 0 Å². The fourth-order valence-corrected chi connectivity index (χ4v) is 23.5. The molecule has 0 spiro atoms. The summed E-state index contributed by atoms with van der Waals surface area (Å²) in [4.78, 5) is 0. The third-order valence-electron chi connectivity index (χ3n) is 7.89. The van der Waals surface area contributed by atoms with Crippen LogP contribution in [0.2, 0.25) is 13.1 Å². The molecule has 0 heterocycles. The Hall–Kier alpha value is -1.44. The maximum Gasteiger partial charge on any atom is -1.00 e. The minimum Gasteiger partial charge on any atom is -1.00 e. The van der Waals surface area contributed by atoms with Gasteiger partial charge < -0.3 is 24.8 Å². The maximum atomic E-state index is 2.61. The van der Waals surface area contributed by atoms with E-state index in [1.54, 1.807) is 40.0 Å². The van der Waals surface area contributed by atoms with Crippen LogP contribution in [0, 0.1) is 0 Å². The van der Waals surface area contributed by atoms with Crippen LogP contribution in [0.1, 0.15) is 59.1 Å². The third-order valence-corrected chi connectivity index (χ3v) is 24.4. The summed E-state index contributed by atoms with van der Waals surface area (Å²) >= 11 is -2.24. The van der Waals surface area contributed by atoms with Crippen molar-refractivity contribution in [3.63, 3.8) is 0 Å². The van der Waals surface area contributed by atoms with Gasteiger partial charge >= 0.3 is 214 Å². The second-order valence-corrected chi connectivity index (χ2v) is 26.7. The predicted octanol–water partition coefficient (Wildman–Crippen LogP) is 2.26. The molecule has 0 saturated carbocycles. The van der Waals surface area contributed by atoms with E-state index in [0.717, 1.165) is 12.8 Å². The summed E-state index contributed by atoms with van der Waals surface area (Å²) in [5.74, 6) is 0.896. The molecule has 4 heteroatoms. The largest absolute Gasteiger partial charge is 1.00 e. The summed E-state index contributed by atoms with van der Waals surface area (Å²) in [5.41, 5.74) is 12.0. The van der Waals surface area contributed by atoms with Crippen molar-refractivity contribution in [1.29, 1.82) is 0 Å². The summed E-state index contributed by atoms with van der Waals surface area (Å²) in [5, 5.41) is 0. The molecule has 0 aliphatic heterocycles. The fourth-order valence-electron chi connectivity index (χ4n) is 6.22. The van der Waals surface area contributed by atoms with E-state index in [9.17, 15) is 0 Å². The quantitative estimate of drug-likeness (QED) is 0.469. The van der Waals surface area contributed by atoms with Crippen molar-refractivity contribution in [2.75, 3.05) is 0 Å². The summed E-state index contributed by atoms with van der Waals surface area (Å²) in [6.07, 6.45) is 21.1. The van der Waals surface area contributed by atoms with Gasteiger partial charge in [0.2, 0.25) is 0 Å². The minimum atomic E-state index is -2.24. The van der Waals surface area contributed by atoms with Crippen molar-refractivity contribution in [1.82, 2.24) is 0 Å². The van der Waals surface area contributed by atoms with Crippen molar-refractivity contribution in [2.24, 2.45) is 0 Å². The average Bonchev–Trinajstić information content (AvgIpc) is 3.37. The molecule has 0 N–H and O–H groups in total. The molecule has 6 rings (SSSR count). The zero-order chi connectivity index (χ0) is 23.4. The Morgan fingerprint density at radius 2 is 1.11 bits per heavy atom. The van der Waals surface area contributed by atoms with Gasteiger partial charge in [-0.25, -0.2) is 0 Å². The molecule has 0 saturated heterocycles. The van der Waals surface area contributed by atoms with Gasteiger partial charge in [0.15, 0.2) is 0 Å². The van der Waals surface area contributed by atoms with Crippen LogP contribution in [0.15, 0.2) is 96.2 Å². The van der Waals surface area contributed by atoms with E-state index in [2.05, 4.69) is 112 Å². The molecule has 182 valence electrons. The number of halogens is 2. The van der Waals surface area contributed by atoms with E-state index in [1.165, 1.54) is 11.1 Å². The van der Waals surface area contributed by atoms with E-state index in [1.807, 2.05) is 0 Å². The minimum absolute atomic E-state index is 0. The maximum absolute atomic E-state index is 2.61. The van der Waals surface area contributed by atoms with Gasteiger partial charge in [-0.15, -0.1) is 0 Å². The van der Waals surface area contributed by atoms with Crippen LogP contribution in [0.5, 0.6) is 0 Å². The number of fused-ring (bicyclic) bond motifs is 6. The summed E-state index contributed by atoms with van der Waals surface area (Å²) in [6.45, 7) is 9.80. The second-order valence-electron chi connectivity index (χ2n) is 10.0. The van der Waals surface area contributed by atoms with Gasteiger partial charge in [0.25, 0.3) is 0 Å². The van der Waals surface area contributed by atoms with Gasteiger partial charge in [-0.3, -0.25) is 0 Å². The Morgan fingerprint density at radius 3 is 1.50 bits per heavy atom. The number of benzene rings is 2. The standard InChI is InChI=1S/2C15H13.C2H6Si.2ClH.Zr/c2*1-2-11-7-8-15-13(9-11)10-12-5-3-4-6-14(12)15;1-3-2;;;/h2*3-9,14H,2H2,1H3;1-2H3;2*1H;/q;;;;;+2/p-2. The smallest absolute Gasteiger partial charge is 1.00 e. The Bertz CT molecular complexity index is 1340. The molecule has 2 aromatic carbocycles. The van der Waals surface area contributed by atoms with Gasteiger partial charge in [-0.1, -0.05) is 0 Å². The molecular formula is C32H32Cl2SiZr. The van der Waals surface area contributed by atoms with Crippen LogP contribution in [-0.2, 0) is 33.2 Å². The normalized spacial score (nSPS) is 19.6. The zero-order valence-electron chi connectivity index (χ0n) is 21.4. The fraction of sp³-hybridized carbons (Fsp3) is 0.250. The van der Waals surface area contributed by atoms with Crippen LogP contribution in [0.3, 0.4) is 0 Å². The van der Waals surface area contributed by atoms with Gasteiger partial charge in [0.05, 0.1) is 0 Å². The molecule has 0 nitrogen and oxygen atoms in total. The van der Waals surface area contributed by atoms with Gasteiger partial charge in [0.1, 0.15) is 0 Å². The van der Waals surface area contributed by atoms with E-state index < -0.39 is 25.8 Å². The van der Waals surface area contributed by atoms with Crippen molar-refractivity contribution in [3.05, 3.63) is 130 Å². The molecule has 2 unspecified atom stereocenters. The number of aryl methyl sites for hydroxylation is 2. The number of hydrogen-bond donors (Lipinski definition) is 0. The van der Waals surface area contributed by atoms with E-state index >= 15 is 0 Å². The van der Waals surface area contributed by atoms with Crippen molar-refractivity contribution in [2.45, 2.75) is 51.6 Å². The predicted molar refractivity (Wildman–Crippen MR) is 145 cm³/mol. The van der Waals surface area contributed by atoms with E-state index in [4.69, 9.17) is 0 Å². The Labute approximate surface area is 236 Å². The van der Waals surface area contributed by atoms with Crippen LogP contribution >= 0.6 is 0 Å². The van der Waals surface area contributed by atoms with Crippen LogP contribution in [-0.4, -0.2) is 5.43 Å². The zero-order valence-corrected chi connectivity index (χ0v) is 26.4. The van der Waals surface area contributed by atoms with Gasteiger partial charge in [0, 0.05) is 0 Å². The monoisotopic (exact) mass is 604 g/mol. The summed E-state index contributed by atoms with van der Waals surface area (Å²) in [6, 6.07) is 14.7. The number of rotatable bonds is 4. The summed E-state index contributed by atoms with van der Waals surface area (Å²) in [7, 11) is 0. The van der Waals surface area contributed by atoms with Crippen molar-refractivity contribution < 1.29 is 45.2 Å². The van der Waals surface area contributed by atoms with Crippen molar-refractivity contribution >= 4 is 12.0 Å². The Morgan fingerprint density at radius 1 is 0.667 bits per heavy atom. The molecule has 36 heavy (non-hydrogen) atoms. The second kappa shape index (κ2) is 11.1. The Kier molecular flexibility index (Phi) is 8.52. The van der Waals surface area contributed by atoms with Crippen molar-refractivity contribution in [3.8, 4) is 0 Å². The average molecular weight is 607 g/mol. The number of hydrogen-bond acceptors (Lipinski definition) is 0. The van der Waals surface area contributed by atoms with E-state index in [0.29, 0.717) is 11.8 Å². The first-order valence-corrected chi connectivity index (χ1v) is 21.4. The number of allylic oxidation sites excluding steroid dienone is 10. The van der Waals surface area contributed by atoms with Gasteiger partial charge in [-0.05, 0) is 0 Å². The third kappa shape index (κ3) is 4.33. The first kappa shape index (κ1) is 27.6. The van der Waals surface area contributed by atoms with Crippen LogP contribution < -0.4 is 24.8 Å². The first-order valence-electron chi connectivity index (χ1n) is 12.7. The molecule has 0 amide bonds. The molecular weight excluding hydrogens is 575 g/mol. The Balaban J connectivity index is 0.00000152. The summed E-state index contributed by atoms with van der Waals surface area (Å²) < 4.78 is 3.60. The molecule has 0 radical (unpaired) electrons. The molecule has 0 bridgehead atoms. The topological polar surface area (TPSA) is 0 Å². The van der Waals surface area contributed by atoms with Gasteiger partial charge in [-0.2, -0.15) is 0 Å². The van der Waals surface area contributed by atoms with E-state index in [-0.39, 0.29) is 24.8 Å². The SMILES string of the molecule is CCc1ccc2c(c1)[C]([Zr+2]([C]1=C3C=CC=CC3c3ccc(CC)cc31)=[Si](C)C)=C1C=CC=CC12.[Cl-].[Cl-]. The molecule has 4 aliphatic carbocycles. The molecule has 0 aromatic heterocycles. The first-order chi connectivity index (χ1) is 16.6. The molecule has 2 aromatic rings. The molecule has 0 fully saturated rings. The molecule has 2 atom stereocenters.